The molecule has 0 atom stereocenters. The number of nitrogens with one attached hydrogen (secondary N) is 1. The van der Waals surface area contributed by atoms with Gasteiger partial charge in [-0.3, -0.25) is 9.69 Å². The molecule has 0 radical (unpaired) electrons. The molecule has 5 nitrogen and oxygen atoms in total. The molecular formula is C16H26N2O3. The van der Waals surface area contributed by atoms with Crippen molar-refractivity contribution in [1.82, 2.24) is 10.2 Å². The average molecular weight is 294 g/mol. The molecular weight excluding hydrogens is 268 g/mol. The van der Waals surface area contributed by atoms with Crippen molar-refractivity contribution in [3.05, 3.63) is 23.8 Å². The van der Waals surface area contributed by atoms with Gasteiger partial charge in [0.05, 0.1) is 20.8 Å². The molecule has 118 valence electrons. The van der Waals surface area contributed by atoms with Crippen LogP contribution in [-0.4, -0.2) is 44.7 Å². The Labute approximate surface area is 127 Å². The van der Waals surface area contributed by atoms with E-state index in [9.17, 15) is 4.79 Å². The van der Waals surface area contributed by atoms with Crippen molar-refractivity contribution >= 4 is 5.91 Å². The van der Waals surface area contributed by atoms with Crippen molar-refractivity contribution in [2.75, 3.05) is 33.9 Å². The third-order valence-electron chi connectivity index (χ3n) is 3.24. The van der Waals surface area contributed by atoms with Crippen LogP contribution in [0.25, 0.3) is 0 Å². The van der Waals surface area contributed by atoms with Crippen molar-refractivity contribution in [2.24, 2.45) is 0 Å². The summed E-state index contributed by atoms with van der Waals surface area (Å²) in [6, 6.07) is 5.83. The predicted octanol–water partition coefficient (Wildman–Crippen LogP) is 2.05. The number of benzene rings is 1. The summed E-state index contributed by atoms with van der Waals surface area (Å²) in [6.07, 6.45) is 0.952. The van der Waals surface area contributed by atoms with Gasteiger partial charge >= 0.3 is 0 Å². The van der Waals surface area contributed by atoms with E-state index in [0.717, 1.165) is 25.1 Å². The van der Waals surface area contributed by atoms with Gasteiger partial charge in [0.15, 0.2) is 11.5 Å². The van der Waals surface area contributed by atoms with E-state index in [2.05, 4.69) is 10.2 Å². The summed E-state index contributed by atoms with van der Waals surface area (Å²) < 4.78 is 10.5. The maximum absolute atomic E-state index is 11.8. The van der Waals surface area contributed by atoms with Crippen molar-refractivity contribution in [1.29, 1.82) is 0 Å². The molecule has 0 saturated heterocycles. The average Bonchev–Trinajstić information content (AvgIpc) is 2.51. The summed E-state index contributed by atoms with van der Waals surface area (Å²) in [7, 11) is 3.24. The zero-order valence-electron chi connectivity index (χ0n) is 13.4. The zero-order valence-corrected chi connectivity index (χ0v) is 13.4. The molecule has 0 spiro atoms. The Balaban J connectivity index is 2.66. The molecule has 0 aliphatic carbocycles. The van der Waals surface area contributed by atoms with Crippen LogP contribution in [0.15, 0.2) is 18.2 Å². The SMILES string of the molecule is CCCNC(=O)CN(CC)Cc1ccc(OC)c(OC)c1. The Kier molecular flexibility index (Phi) is 7.61. The van der Waals surface area contributed by atoms with E-state index in [1.807, 2.05) is 32.0 Å². The van der Waals surface area contributed by atoms with Crippen LogP contribution in [0.4, 0.5) is 0 Å². The first-order valence-electron chi connectivity index (χ1n) is 7.34. The van der Waals surface area contributed by atoms with E-state index >= 15 is 0 Å². The third kappa shape index (κ3) is 5.63. The number of carbonyl (C=O) groups is 1. The number of likely N-dealkylation sites (N-methyl/N-ethyl adjacent to an activating group) is 1. The van der Waals surface area contributed by atoms with Gasteiger partial charge in [-0.05, 0) is 30.7 Å². The van der Waals surface area contributed by atoms with Crippen LogP contribution in [0.5, 0.6) is 11.5 Å². The molecule has 0 heterocycles. The van der Waals surface area contributed by atoms with Gasteiger partial charge in [0.2, 0.25) is 5.91 Å². The molecule has 21 heavy (non-hydrogen) atoms. The van der Waals surface area contributed by atoms with Crippen LogP contribution in [-0.2, 0) is 11.3 Å². The van der Waals surface area contributed by atoms with Crippen LogP contribution in [0.2, 0.25) is 0 Å². The molecule has 0 bridgehead atoms. The van der Waals surface area contributed by atoms with Crippen molar-refractivity contribution in [3.63, 3.8) is 0 Å². The fraction of sp³-hybridized carbons (Fsp3) is 0.562. The number of nitrogens with zero attached hydrogens (tertiary/aromatic N) is 1. The molecule has 1 amide bonds. The Morgan fingerprint density at radius 3 is 2.48 bits per heavy atom. The van der Waals surface area contributed by atoms with Crippen molar-refractivity contribution in [2.45, 2.75) is 26.8 Å². The highest BCUT2D eigenvalue weighted by molar-refractivity contribution is 5.77. The summed E-state index contributed by atoms with van der Waals surface area (Å²) in [5, 5.41) is 2.90. The van der Waals surface area contributed by atoms with Gasteiger partial charge in [-0.25, -0.2) is 0 Å². The Hall–Kier alpha value is -1.75. The van der Waals surface area contributed by atoms with Gasteiger partial charge in [-0.15, -0.1) is 0 Å². The van der Waals surface area contributed by atoms with Gasteiger partial charge in [-0.2, -0.15) is 0 Å². The molecule has 0 aromatic heterocycles. The standard InChI is InChI=1S/C16H26N2O3/c1-5-9-17-16(19)12-18(6-2)11-13-7-8-14(20-3)15(10-13)21-4/h7-8,10H,5-6,9,11-12H2,1-4H3,(H,17,19). The van der Waals surface area contributed by atoms with Crippen LogP contribution in [0.1, 0.15) is 25.8 Å². The minimum Gasteiger partial charge on any atom is -0.493 e. The number of hydrogen-bond acceptors (Lipinski definition) is 4. The van der Waals surface area contributed by atoms with Crippen molar-refractivity contribution in [3.8, 4) is 11.5 Å². The second-order valence-corrected chi connectivity index (χ2v) is 4.84. The number of carbonyl (C=O) groups excluding carboxylic acids is 1. The molecule has 5 heteroatoms. The third-order valence-corrected chi connectivity index (χ3v) is 3.24. The molecule has 0 aliphatic rings. The molecule has 0 saturated carbocycles. The lowest BCUT2D eigenvalue weighted by Gasteiger charge is -2.20. The molecule has 1 aromatic rings. The highest BCUT2D eigenvalue weighted by Crippen LogP contribution is 2.27. The van der Waals surface area contributed by atoms with E-state index in [4.69, 9.17) is 9.47 Å². The van der Waals surface area contributed by atoms with E-state index in [1.54, 1.807) is 14.2 Å². The van der Waals surface area contributed by atoms with Crippen LogP contribution in [0.3, 0.4) is 0 Å². The number of ether oxygens (including phenoxy) is 2. The Bertz CT molecular complexity index is 449. The number of methoxy groups -OCH3 is 2. The number of amides is 1. The van der Waals surface area contributed by atoms with Gasteiger partial charge in [0.1, 0.15) is 0 Å². The fourth-order valence-corrected chi connectivity index (χ4v) is 2.04. The molecule has 0 unspecified atom stereocenters. The van der Waals surface area contributed by atoms with E-state index < -0.39 is 0 Å². The molecule has 0 aliphatic heterocycles. The van der Waals surface area contributed by atoms with Gasteiger partial charge in [0, 0.05) is 13.1 Å². The summed E-state index contributed by atoms with van der Waals surface area (Å²) >= 11 is 0. The quantitative estimate of drug-likeness (QED) is 0.757. The van der Waals surface area contributed by atoms with E-state index in [1.165, 1.54) is 0 Å². The lowest BCUT2D eigenvalue weighted by Crippen LogP contribution is -2.37. The Morgan fingerprint density at radius 2 is 1.90 bits per heavy atom. The number of hydrogen-bond donors (Lipinski definition) is 1. The van der Waals surface area contributed by atoms with Gasteiger partial charge in [0.25, 0.3) is 0 Å². The lowest BCUT2D eigenvalue weighted by atomic mass is 10.2. The molecule has 1 N–H and O–H groups in total. The summed E-state index contributed by atoms with van der Waals surface area (Å²) in [5.74, 6) is 1.49. The minimum atomic E-state index is 0.0687. The topological polar surface area (TPSA) is 50.8 Å². The Morgan fingerprint density at radius 1 is 1.19 bits per heavy atom. The zero-order chi connectivity index (χ0) is 15.7. The lowest BCUT2D eigenvalue weighted by molar-refractivity contribution is -0.122. The molecule has 1 rings (SSSR count). The largest absolute Gasteiger partial charge is 0.493 e. The smallest absolute Gasteiger partial charge is 0.234 e. The highest BCUT2D eigenvalue weighted by Gasteiger charge is 2.11. The molecule has 0 fully saturated rings. The van der Waals surface area contributed by atoms with Crippen LogP contribution < -0.4 is 14.8 Å². The van der Waals surface area contributed by atoms with Gasteiger partial charge < -0.3 is 14.8 Å². The van der Waals surface area contributed by atoms with E-state index in [-0.39, 0.29) is 5.91 Å². The van der Waals surface area contributed by atoms with Crippen molar-refractivity contribution < 1.29 is 14.3 Å². The fourth-order valence-electron chi connectivity index (χ4n) is 2.04. The first kappa shape index (κ1) is 17.3. The summed E-state index contributed by atoms with van der Waals surface area (Å²) in [6.45, 7) is 6.75. The van der Waals surface area contributed by atoms with Crippen LogP contribution >= 0.6 is 0 Å². The maximum atomic E-state index is 11.8. The summed E-state index contributed by atoms with van der Waals surface area (Å²) in [5.41, 5.74) is 1.10. The normalized spacial score (nSPS) is 10.5. The minimum absolute atomic E-state index is 0.0687. The number of rotatable bonds is 9. The second kappa shape index (κ2) is 9.23. The monoisotopic (exact) mass is 294 g/mol. The highest BCUT2D eigenvalue weighted by atomic mass is 16.5. The molecule has 1 aromatic carbocycles. The summed E-state index contributed by atoms with van der Waals surface area (Å²) in [4.78, 5) is 13.9. The van der Waals surface area contributed by atoms with E-state index in [0.29, 0.717) is 24.6 Å². The first-order chi connectivity index (χ1) is 10.1. The maximum Gasteiger partial charge on any atom is 0.234 e. The van der Waals surface area contributed by atoms with Crippen LogP contribution in [0, 0.1) is 0 Å². The first-order valence-corrected chi connectivity index (χ1v) is 7.34. The predicted molar refractivity (Wildman–Crippen MR) is 83.8 cm³/mol. The second-order valence-electron chi connectivity index (χ2n) is 4.84. The van der Waals surface area contributed by atoms with Gasteiger partial charge in [-0.1, -0.05) is 19.9 Å².